The molecule has 7 nitrogen and oxygen atoms in total. The Morgan fingerprint density at radius 1 is 1.08 bits per heavy atom. The number of anilines is 2. The van der Waals surface area contributed by atoms with Gasteiger partial charge < -0.3 is 10.2 Å². The molecule has 2 aromatic rings. The molecule has 0 fully saturated rings. The summed E-state index contributed by atoms with van der Waals surface area (Å²) in [5.41, 5.74) is 0.755. The summed E-state index contributed by atoms with van der Waals surface area (Å²) in [5, 5.41) is 2.50. The fourth-order valence-corrected chi connectivity index (χ4v) is 2.76. The van der Waals surface area contributed by atoms with Crippen LogP contribution < -0.4 is 10.0 Å². The second kappa shape index (κ2) is 7.96. The lowest BCUT2D eigenvalue weighted by atomic mass is 10.2. The Kier molecular flexibility index (Phi) is 5.93. The number of carbonyl (C=O) groups is 2. The van der Waals surface area contributed by atoms with Crippen LogP contribution in [0.3, 0.4) is 0 Å². The van der Waals surface area contributed by atoms with Crippen LogP contribution in [-0.2, 0) is 14.8 Å². The molecule has 26 heavy (non-hydrogen) atoms. The van der Waals surface area contributed by atoms with Crippen molar-refractivity contribution in [3.8, 4) is 0 Å². The van der Waals surface area contributed by atoms with Gasteiger partial charge in [0.1, 0.15) is 5.82 Å². The van der Waals surface area contributed by atoms with Crippen molar-refractivity contribution >= 4 is 33.2 Å². The number of sulfonamides is 1. The topological polar surface area (TPSA) is 95.6 Å². The molecule has 0 heterocycles. The normalized spacial score (nSPS) is 10.9. The smallest absolute Gasteiger partial charge is 0.254 e. The highest BCUT2D eigenvalue weighted by Crippen LogP contribution is 2.14. The van der Waals surface area contributed by atoms with E-state index < -0.39 is 27.7 Å². The van der Waals surface area contributed by atoms with Crippen LogP contribution in [0.15, 0.2) is 48.5 Å². The van der Waals surface area contributed by atoms with Crippen LogP contribution >= 0.6 is 0 Å². The zero-order valence-corrected chi connectivity index (χ0v) is 15.0. The van der Waals surface area contributed by atoms with Gasteiger partial charge >= 0.3 is 0 Å². The minimum Gasteiger partial charge on any atom is -0.332 e. The second-order valence-electron chi connectivity index (χ2n) is 5.67. The predicted octanol–water partition coefficient (Wildman–Crippen LogP) is 1.91. The number of nitrogens with one attached hydrogen (secondary N) is 2. The molecule has 138 valence electrons. The van der Waals surface area contributed by atoms with Crippen molar-refractivity contribution in [2.24, 2.45) is 0 Å². The van der Waals surface area contributed by atoms with Crippen LogP contribution in [0, 0.1) is 5.82 Å². The summed E-state index contributed by atoms with van der Waals surface area (Å²) < 4.78 is 37.9. The molecule has 0 bridgehead atoms. The number of nitrogens with zero attached hydrogens (tertiary/aromatic N) is 1. The van der Waals surface area contributed by atoms with Crippen molar-refractivity contribution < 1.29 is 22.4 Å². The SMILES string of the molecule is CN(CC(=O)Nc1cccc(F)c1)C(=O)c1cccc(NS(C)(=O)=O)c1. The Morgan fingerprint density at radius 3 is 2.38 bits per heavy atom. The fraction of sp³-hybridized carbons (Fsp3) is 0.176. The number of halogens is 1. The van der Waals surface area contributed by atoms with E-state index in [1.807, 2.05) is 0 Å². The van der Waals surface area contributed by atoms with Crippen molar-refractivity contribution in [3.05, 3.63) is 59.9 Å². The van der Waals surface area contributed by atoms with Crippen LogP contribution in [0.2, 0.25) is 0 Å². The minimum atomic E-state index is -3.47. The molecule has 0 saturated carbocycles. The third-order valence-electron chi connectivity index (χ3n) is 3.25. The summed E-state index contributed by atoms with van der Waals surface area (Å²) in [7, 11) is -2.03. The van der Waals surface area contributed by atoms with Gasteiger partial charge in [0, 0.05) is 24.0 Å². The molecule has 0 atom stereocenters. The first-order chi connectivity index (χ1) is 12.1. The molecule has 9 heteroatoms. The lowest BCUT2D eigenvalue weighted by molar-refractivity contribution is -0.116. The van der Waals surface area contributed by atoms with E-state index in [0.717, 1.165) is 6.26 Å². The van der Waals surface area contributed by atoms with E-state index in [0.29, 0.717) is 0 Å². The maximum absolute atomic E-state index is 13.1. The third-order valence-corrected chi connectivity index (χ3v) is 3.86. The minimum absolute atomic E-state index is 0.222. The first kappa shape index (κ1) is 19.4. The van der Waals surface area contributed by atoms with E-state index in [1.165, 1.54) is 60.5 Å². The first-order valence-electron chi connectivity index (χ1n) is 7.53. The van der Waals surface area contributed by atoms with Crippen LogP contribution in [0.25, 0.3) is 0 Å². The summed E-state index contributed by atoms with van der Waals surface area (Å²) in [6.45, 7) is -0.251. The van der Waals surface area contributed by atoms with Gasteiger partial charge in [0.15, 0.2) is 0 Å². The van der Waals surface area contributed by atoms with Gasteiger partial charge in [-0.3, -0.25) is 14.3 Å². The molecular weight excluding hydrogens is 361 g/mol. The van der Waals surface area contributed by atoms with Crippen molar-refractivity contribution in [2.45, 2.75) is 0 Å². The molecule has 0 saturated heterocycles. The molecule has 2 rings (SSSR count). The van der Waals surface area contributed by atoms with E-state index in [9.17, 15) is 22.4 Å². The van der Waals surface area contributed by atoms with Gasteiger partial charge in [-0.1, -0.05) is 12.1 Å². The van der Waals surface area contributed by atoms with Gasteiger partial charge in [-0.2, -0.15) is 0 Å². The molecule has 0 aromatic heterocycles. The number of rotatable bonds is 6. The summed E-state index contributed by atoms with van der Waals surface area (Å²) in [5.74, 6) is -1.43. The van der Waals surface area contributed by atoms with Crippen molar-refractivity contribution in [3.63, 3.8) is 0 Å². The average Bonchev–Trinajstić information content (AvgIpc) is 2.52. The highest BCUT2D eigenvalue weighted by atomic mass is 32.2. The molecular formula is C17H18FN3O4S. The first-order valence-corrected chi connectivity index (χ1v) is 9.42. The summed E-state index contributed by atoms with van der Waals surface area (Å²) >= 11 is 0. The van der Waals surface area contributed by atoms with Crippen molar-refractivity contribution in [2.75, 3.05) is 29.9 Å². The van der Waals surface area contributed by atoms with Crippen LogP contribution in [0.5, 0.6) is 0 Å². The van der Waals surface area contributed by atoms with Gasteiger partial charge in [-0.25, -0.2) is 12.8 Å². The molecule has 2 amide bonds. The zero-order valence-electron chi connectivity index (χ0n) is 14.2. The van der Waals surface area contributed by atoms with E-state index in [2.05, 4.69) is 10.0 Å². The molecule has 2 N–H and O–H groups in total. The third kappa shape index (κ3) is 5.85. The predicted molar refractivity (Wildman–Crippen MR) is 96.9 cm³/mol. The standard InChI is InChI=1S/C17H18FN3O4S/c1-21(11-16(22)19-14-7-4-6-13(18)10-14)17(23)12-5-3-8-15(9-12)20-26(2,24)25/h3-10,20H,11H2,1-2H3,(H,19,22). The molecule has 2 aromatic carbocycles. The van der Waals surface area contributed by atoms with E-state index in [4.69, 9.17) is 0 Å². The lowest BCUT2D eigenvalue weighted by Gasteiger charge is -2.17. The molecule has 0 aliphatic carbocycles. The van der Waals surface area contributed by atoms with Crippen LogP contribution in [-0.4, -0.2) is 45.0 Å². The quantitative estimate of drug-likeness (QED) is 0.801. The van der Waals surface area contributed by atoms with Gasteiger partial charge in [0.2, 0.25) is 15.9 Å². The van der Waals surface area contributed by atoms with E-state index in [-0.39, 0.29) is 23.5 Å². The van der Waals surface area contributed by atoms with Gasteiger partial charge in [-0.05, 0) is 36.4 Å². The fourth-order valence-electron chi connectivity index (χ4n) is 2.20. The number of hydrogen-bond acceptors (Lipinski definition) is 4. The lowest BCUT2D eigenvalue weighted by Crippen LogP contribution is -2.35. The molecule has 0 radical (unpaired) electrons. The largest absolute Gasteiger partial charge is 0.332 e. The number of benzene rings is 2. The monoisotopic (exact) mass is 379 g/mol. The maximum Gasteiger partial charge on any atom is 0.254 e. The Balaban J connectivity index is 2.02. The summed E-state index contributed by atoms with van der Waals surface area (Å²) in [4.78, 5) is 25.6. The summed E-state index contributed by atoms with van der Waals surface area (Å²) in [6, 6.07) is 11.3. The van der Waals surface area contributed by atoms with E-state index >= 15 is 0 Å². The Hall–Kier alpha value is -2.94. The molecule has 0 aliphatic heterocycles. The Morgan fingerprint density at radius 2 is 1.73 bits per heavy atom. The van der Waals surface area contributed by atoms with Gasteiger partial charge in [-0.15, -0.1) is 0 Å². The number of hydrogen-bond donors (Lipinski definition) is 2. The molecule has 0 aliphatic rings. The number of likely N-dealkylation sites (N-methyl/N-ethyl adjacent to an activating group) is 1. The van der Waals surface area contributed by atoms with Gasteiger partial charge in [0.25, 0.3) is 5.91 Å². The van der Waals surface area contributed by atoms with Crippen LogP contribution in [0.4, 0.5) is 15.8 Å². The molecule has 0 unspecified atom stereocenters. The second-order valence-corrected chi connectivity index (χ2v) is 7.42. The summed E-state index contributed by atoms with van der Waals surface area (Å²) in [6.07, 6.45) is 1.00. The average molecular weight is 379 g/mol. The van der Waals surface area contributed by atoms with Crippen LogP contribution in [0.1, 0.15) is 10.4 Å². The zero-order chi connectivity index (χ0) is 19.3. The highest BCUT2D eigenvalue weighted by Gasteiger charge is 2.16. The Bertz CT molecular complexity index is 931. The van der Waals surface area contributed by atoms with Gasteiger partial charge in [0.05, 0.1) is 12.8 Å². The Labute approximate surface area is 150 Å². The van der Waals surface area contributed by atoms with E-state index in [1.54, 1.807) is 0 Å². The number of carbonyl (C=O) groups excluding carboxylic acids is 2. The van der Waals surface area contributed by atoms with Crippen molar-refractivity contribution in [1.29, 1.82) is 0 Å². The number of amides is 2. The maximum atomic E-state index is 13.1. The highest BCUT2D eigenvalue weighted by molar-refractivity contribution is 7.92. The molecule has 0 spiro atoms. The van der Waals surface area contributed by atoms with Crippen molar-refractivity contribution in [1.82, 2.24) is 4.90 Å².